The van der Waals surface area contributed by atoms with Gasteiger partial charge in [-0.1, -0.05) is 13.8 Å². The first-order valence-electron chi connectivity index (χ1n) is 6.64. The summed E-state index contributed by atoms with van der Waals surface area (Å²) < 4.78 is 10.3. The van der Waals surface area contributed by atoms with Crippen molar-refractivity contribution in [2.24, 2.45) is 5.92 Å². The largest absolute Gasteiger partial charge is 0.472 e. The smallest absolute Gasteiger partial charge is 0.306 e. The van der Waals surface area contributed by atoms with Crippen molar-refractivity contribution >= 4 is 23.4 Å². The number of ether oxygens (including phenoxy) is 2. The fourth-order valence-electron chi connectivity index (χ4n) is 2.16. The van der Waals surface area contributed by atoms with Crippen molar-refractivity contribution < 1.29 is 24.2 Å². The van der Waals surface area contributed by atoms with Crippen molar-refractivity contribution in [3.63, 3.8) is 0 Å². The first kappa shape index (κ1) is 15.8. The number of rotatable bonds is 5. The van der Waals surface area contributed by atoms with E-state index in [9.17, 15) is 14.7 Å². The summed E-state index contributed by atoms with van der Waals surface area (Å²) in [7, 11) is 0. The van der Waals surface area contributed by atoms with Gasteiger partial charge in [0.05, 0.1) is 18.4 Å². The fourth-order valence-corrected chi connectivity index (χ4v) is 2.43. The number of halogens is 1. The van der Waals surface area contributed by atoms with E-state index in [1.54, 1.807) is 0 Å². The molecule has 21 heavy (non-hydrogen) atoms. The van der Waals surface area contributed by atoms with E-state index in [0.29, 0.717) is 23.1 Å². The molecule has 0 saturated heterocycles. The normalized spacial score (nSPS) is 24.0. The van der Waals surface area contributed by atoms with Gasteiger partial charge in [0, 0.05) is 17.6 Å². The monoisotopic (exact) mass is 312 g/mol. The van der Waals surface area contributed by atoms with Crippen LogP contribution in [0.25, 0.3) is 0 Å². The Kier molecular flexibility index (Phi) is 4.54. The van der Waals surface area contributed by atoms with E-state index < -0.39 is 11.4 Å². The number of carbonyl (C=O) groups is 2. The number of esters is 1. The van der Waals surface area contributed by atoms with Crippen LogP contribution in [0.2, 0.25) is 0 Å². The molecule has 1 N–H and O–H groups in total. The van der Waals surface area contributed by atoms with Gasteiger partial charge in [-0.15, -0.1) is 11.6 Å². The van der Waals surface area contributed by atoms with Crippen LogP contribution < -0.4 is 0 Å². The molecule has 2 rings (SSSR count). The Morgan fingerprint density at radius 2 is 2.19 bits per heavy atom. The number of alkyl halides is 1. The Balaban J connectivity index is 2.08. The van der Waals surface area contributed by atoms with E-state index in [4.69, 9.17) is 21.1 Å². The predicted octanol–water partition coefficient (Wildman–Crippen LogP) is 1.85. The second-order valence-electron chi connectivity index (χ2n) is 5.49. The number of fused-ring (bicyclic) bond motifs is 1. The molecule has 114 valence electrons. The number of hydrogen-bond acceptors (Lipinski definition) is 5. The summed E-state index contributed by atoms with van der Waals surface area (Å²) >= 11 is 5.69. The van der Waals surface area contributed by atoms with Crippen LogP contribution >= 0.6 is 11.6 Å². The molecule has 2 aliphatic rings. The number of carbonyl (C=O) groups excluding carboxylic acids is 2. The van der Waals surface area contributed by atoms with Crippen molar-refractivity contribution in [2.45, 2.75) is 25.9 Å². The Labute approximate surface area is 127 Å². The zero-order valence-corrected chi connectivity index (χ0v) is 12.6. The van der Waals surface area contributed by atoms with E-state index >= 15 is 0 Å². The standard InChI is InChI=1S/C15H17ClO5/c1-9(2)3-14(18)21-6-10-5-20-7-12-11(10)4-13(17)15(12,19)8-16/h4-5,7,9,19H,3,6,8H2,1-2H3/t15-/m0/s1. The summed E-state index contributed by atoms with van der Waals surface area (Å²) in [5.74, 6) is -0.872. The lowest BCUT2D eigenvalue weighted by Crippen LogP contribution is -2.38. The third kappa shape index (κ3) is 3.04. The lowest BCUT2D eigenvalue weighted by molar-refractivity contribution is -0.143. The van der Waals surface area contributed by atoms with Crippen LogP contribution in [0, 0.1) is 5.92 Å². The van der Waals surface area contributed by atoms with Gasteiger partial charge in [0.25, 0.3) is 0 Å². The zero-order chi connectivity index (χ0) is 15.6. The van der Waals surface area contributed by atoms with Crippen molar-refractivity contribution in [2.75, 3.05) is 12.5 Å². The third-order valence-electron chi connectivity index (χ3n) is 3.32. The molecular formula is C15H17ClO5. The minimum atomic E-state index is -1.77. The maximum absolute atomic E-state index is 11.9. The van der Waals surface area contributed by atoms with Crippen LogP contribution in [0.4, 0.5) is 0 Å². The highest BCUT2D eigenvalue weighted by Gasteiger charge is 2.46. The van der Waals surface area contributed by atoms with Crippen LogP contribution in [-0.2, 0) is 19.1 Å². The minimum absolute atomic E-state index is 0.0135. The molecule has 1 aliphatic carbocycles. The lowest BCUT2D eigenvalue weighted by atomic mass is 9.92. The third-order valence-corrected chi connectivity index (χ3v) is 3.70. The van der Waals surface area contributed by atoms with Crippen LogP contribution in [-0.4, -0.2) is 34.9 Å². The van der Waals surface area contributed by atoms with Gasteiger partial charge in [-0.2, -0.15) is 0 Å². The van der Waals surface area contributed by atoms with Gasteiger partial charge >= 0.3 is 5.97 Å². The lowest BCUT2D eigenvalue weighted by Gasteiger charge is -2.24. The predicted molar refractivity (Wildman–Crippen MR) is 76.4 cm³/mol. The summed E-state index contributed by atoms with van der Waals surface area (Å²) in [5, 5.41) is 10.3. The van der Waals surface area contributed by atoms with Gasteiger partial charge in [-0.25, -0.2) is 0 Å². The minimum Gasteiger partial charge on any atom is -0.472 e. The summed E-state index contributed by atoms with van der Waals surface area (Å²) in [5.41, 5.74) is -0.427. The molecule has 1 aliphatic heterocycles. The molecule has 0 aromatic carbocycles. The molecule has 0 fully saturated rings. The Bertz CT molecular complexity index is 558. The maximum Gasteiger partial charge on any atom is 0.306 e. The van der Waals surface area contributed by atoms with E-state index in [1.165, 1.54) is 18.6 Å². The van der Waals surface area contributed by atoms with Gasteiger partial charge in [0.1, 0.15) is 6.61 Å². The zero-order valence-electron chi connectivity index (χ0n) is 11.9. The van der Waals surface area contributed by atoms with Crippen LogP contribution in [0.15, 0.2) is 35.3 Å². The molecule has 1 atom stereocenters. The van der Waals surface area contributed by atoms with Crippen LogP contribution in [0.3, 0.4) is 0 Å². The molecule has 0 unspecified atom stereocenters. The second-order valence-corrected chi connectivity index (χ2v) is 5.75. The van der Waals surface area contributed by atoms with Gasteiger partial charge in [0.2, 0.25) is 0 Å². The summed E-state index contributed by atoms with van der Waals surface area (Å²) in [6, 6.07) is 0. The molecule has 0 aromatic rings. The quantitative estimate of drug-likeness (QED) is 0.619. The molecule has 0 amide bonds. The van der Waals surface area contributed by atoms with Crippen molar-refractivity contribution in [3.05, 3.63) is 35.3 Å². The molecule has 0 radical (unpaired) electrons. The molecule has 6 heteroatoms. The van der Waals surface area contributed by atoms with Crippen molar-refractivity contribution in [1.29, 1.82) is 0 Å². The van der Waals surface area contributed by atoms with E-state index in [0.717, 1.165) is 0 Å². The van der Waals surface area contributed by atoms with Crippen LogP contribution in [0.5, 0.6) is 0 Å². The highest BCUT2D eigenvalue weighted by atomic mass is 35.5. The summed E-state index contributed by atoms with van der Waals surface area (Å²) in [6.07, 6.45) is 4.31. The molecule has 0 bridgehead atoms. The molecular weight excluding hydrogens is 296 g/mol. The molecule has 0 spiro atoms. The highest BCUT2D eigenvalue weighted by molar-refractivity contribution is 6.23. The molecule has 0 aromatic heterocycles. The highest BCUT2D eigenvalue weighted by Crippen LogP contribution is 2.39. The average molecular weight is 313 g/mol. The van der Waals surface area contributed by atoms with Gasteiger partial charge in [-0.05, 0) is 17.6 Å². The topological polar surface area (TPSA) is 72.8 Å². The second kappa shape index (κ2) is 6.03. The first-order valence-corrected chi connectivity index (χ1v) is 7.18. The molecule has 5 nitrogen and oxygen atoms in total. The summed E-state index contributed by atoms with van der Waals surface area (Å²) in [4.78, 5) is 23.5. The van der Waals surface area contributed by atoms with Gasteiger partial charge in [-0.3, -0.25) is 9.59 Å². The Morgan fingerprint density at radius 3 is 2.81 bits per heavy atom. The number of hydrogen-bond donors (Lipinski definition) is 1. The van der Waals surface area contributed by atoms with E-state index in [2.05, 4.69) is 0 Å². The van der Waals surface area contributed by atoms with Gasteiger partial charge in [0.15, 0.2) is 11.4 Å². The number of ketones is 1. The van der Waals surface area contributed by atoms with E-state index in [1.807, 2.05) is 13.8 Å². The Morgan fingerprint density at radius 1 is 1.48 bits per heavy atom. The van der Waals surface area contributed by atoms with Gasteiger partial charge < -0.3 is 14.6 Å². The first-order chi connectivity index (χ1) is 9.88. The van der Waals surface area contributed by atoms with Crippen LogP contribution in [0.1, 0.15) is 20.3 Å². The number of aliphatic hydroxyl groups is 1. The molecule has 1 heterocycles. The van der Waals surface area contributed by atoms with Crippen molar-refractivity contribution in [3.8, 4) is 0 Å². The molecule has 0 saturated carbocycles. The summed E-state index contributed by atoms with van der Waals surface area (Å²) in [6.45, 7) is 3.83. The van der Waals surface area contributed by atoms with Crippen molar-refractivity contribution in [1.82, 2.24) is 0 Å². The maximum atomic E-state index is 11.9. The fraction of sp³-hybridized carbons (Fsp3) is 0.467. The van der Waals surface area contributed by atoms with E-state index in [-0.39, 0.29) is 24.4 Å². The SMILES string of the molecule is CC(C)CC(=O)OCC1=COC=C2C1=CC(=O)[C@]2(O)CCl. The average Bonchev–Trinajstić information content (AvgIpc) is 2.69. The Hall–Kier alpha value is -1.59.